The van der Waals surface area contributed by atoms with E-state index in [2.05, 4.69) is 85.3 Å². The van der Waals surface area contributed by atoms with Crippen LogP contribution in [0.5, 0.6) is 0 Å². The Morgan fingerprint density at radius 2 is 1.82 bits per heavy atom. The summed E-state index contributed by atoms with van der Waals surface area (Å²) < 4.78 is 2.75. The highest BCUT2D eigenvalue weighted by Gasteiger charge is 2.05. The molecule has 0 spiro atoms. The maximum atomic E-state index is 11.0. The van der Waals surface area contributed by atoms with E-state index in [9.17, 15) is 4.79 Å². The average molecular weight is 399 g/mol. The Bertz CT molecular complexity index is 711. The van der Waals surface area contributed by atoms with Gasteiger partial charge in [0.2, 0.25) is 5.91 Å². The van der Waals surface area contributed by atoms with Crippen LogP contribution in [0.2, 0.25) is 0 Å². The largest absolute Gasteiger partial charge is 0.296 e. The summed E-state index contributed by atoms with van der Waals surface area (Å²) in [6, 6.07) is 8.38. The predicted molar refractivity (Wildman–Crippen MR) is 121 cm³/mol. The molecule has 1 rings (SSSR count). The summed E-state index contributed by atoms with van der Waals surface area (Å²) >= 11 is 1.35. The molecule has 4 heteroatoms. The molecule has 0 fully saturated rings. The van der Waals surface area contributed by atoms with Gasteiger partial charge in [-0.3, -0.25) is 14.4 Å². The first-order valence-corrected chi connectivity index (χ1v) is 10.9. The van der Waals surface area contributed by atoms with Gasteiger partial charge in [-0.25, -0.2) is 0 Å². The van der Waals surface area contributed by atoms with Gasteiger partial charge in [0.05, 0.1) is 6.54 Å². The van der Waals surface area contributed by atoms with Gasteiger partial charge in [0.25, 0.3) is 0 Å². The molecule has 3 nitrogen and oxygen atoms in total. The van der Waals surface area contributed by atoms with Crippen molar-refractivity contribution in [2.24, 2.45) is 5.41 Å². The van der Waals surface area contributed by atoms with Crippen molar-refractivity contribution in [3.8, 4) is 23.7 Å². The lowest BCUT2D eigenvalue weighted by Crippen LogP contribution is -2.27. The summed E-state index contributed by atoms with van der Waals surface area (Å²) in [5.74, 6) is 12.3. The number of hydrogen-bond donors (Lipinski definition) is 1. The van der Waals surface area contributed by atoms with Crippen molar-refractivity contribution >= 4 is 17.9 Å². The lowest BCUT2D eigenvalue weighted by Gasteiger charge is -2.19. The summed E-state index contributed by atoms with van der Waals surface area (Å²) in [5, 5.41) is 0. The first kappa shape index (κ1) is 24.2. The van der Waals surface area contributed by atoms with Gasteiger partial charge in [-0.2, -0.15) is 0 Å². The minimum atomic E-state index is -0.0369. The molecule has 0 aliphatic heterocycles. The Morgan fingerprint density at radius 3 is 2.43 bits per heavy atom. The molecular formula is C24H34N2OS. The van der Waals surface area contributed by atoms with Gasteiger partial charge >= 0.3 is 0 Å². The van der Waals surface area contributed by atoms with E-state index in [0.29, 0.717) is 0 Å². The Balaban J connectivity index is 2.57. The van der Waals surface area contributed by atoms with Crippen LogP contribution in [0.4, 0.5) is 0 Å². The van der Waals surface area contributed by atoms with Crippen LogP contribution in [0, 0.1) is 29.1 Å². The second-order valence-electron chi connectivity index (χ2n) is 7.94. The maximum Gasteiger partial charge on any atom is 0.226 e. The maximum absolute atomic E-state index is 11.0. The number of unbranched alkanes of at least 4 members (excludes halogenated alkanes) is 2. The molecule has 0 heterocycles. The number of carbonyl (C=O) groups excluding carboxylic acids is 1. The topological polar surface area (TPSA) is 32.3 Å². The zero-order valence-corrected chi connectivity index (χ0v) is 18.8. The number of nitrogens with zero attached hydrogens (tertiary/aromatic N) is 1. The molecule has 1 amide bonds. The normalized spacial score (nSPS) is 10.6. The SMILES string of the molecule is CCCCCN(CC#CC#CC(C)(C)C)CCc1ccc(SNC(C)=O)cc1. The summed E-state index contributed by atoms with van der Waals surface area (Å²) in [7, 11) is 0. The van der Waals surface area contributed by atoms with E-state index in [-0.39, 0.29) is 11.3 Å². The molecule has 0 radical (unpaired) electrons. The smallest absolute Gasteiger partial charge is 0.226 e. The van der Waals surface area contributed by atoms with Crippen LogP contribution in [0.25, 0.3) is 0 Å². The third kappa shape index (κ3) is 12.5. The van der Waals surface area contributed by atoms with E-state index >= 15 is 0 Å². The number of rotatable bonds is 10. The van der Waals surface area contributed by atoms with E-state index in [1.54, 1.807) is 0 Å². The van der Waals surface area contributed by atoms with Crippen LogP contribution < -0.4 is 4.72 Å². The third-order valence-corrected chi connectivity index (χ3v) is 4.82. The van der Waals surface area contributed by atoms with Gasteiger partial charge in [0.1, 0.15) is 0 Å². The Kier molecular flexibility index (Phi) is 11.5. The summed E-state index contributed by atoms with van der Waals surface area (Å²) in [4.78, 5) is 14.5. The van der Waals surface area contributed by atoms with Crippen molar-refractivity contribution in [3.63, 3.8) is 0 Å². The van der Waals surface area contributed by atoms with Gasteiger partial charge < -0.3 is 0 Å². The molecule has 0 saturated heterocycles. The molecule has 152 valence electrons. The van der Waals surface area contributed by atoms with Crippen LogP contribution in [0.15, 0.2) is 29.2 Å². The lowest BCUT2D eigenvalue weighted by atomic mass is 9.98. The zero-order chi connectivity index (χ0) is 20.8. The summed E-state index contributed by atoms with van der Waals surface area (Å²) in [5.41, 5.74) is 1.30. The van der Waals surface area contributed by atoms with Gasteiger partial charge in [-0.1, -0.05) is 43.7 Å². The number of carbonyl (C=O) groups is 1. The highest BCUT2D eigenvalue weighted by Crippen LogP contribution is 2.15. The fourth-order valence-corrected chi connectivity index (χ4v) is 2.95. The van der Waals surface area contributed by atoms with E-state index in [0.717, 1.165) is 31.0 Å². The summed E-state index contributed by atoms with van der Waals surface area (Å²) in [6.07, 6.45) is 4.68. The highest BCUT2D eigenvalue weighted by atomic mass is 32.2. The first-order chi connectivity index (χ1) is 13.3. The van der Waals surface area contributed by atoms with Crippen molar-refractivity contribution in [2.75, 3.05) is 19.6 Å². The van der Waals surface area contributed by atoms with Gasteiger partial charge in [-0.05, 0) is 81.6 Å². The Morgan fingerprint density at radius 1 is 1.11 bits per heavy atom. The Hall–Kier alpha value is -1.88. The molecule has 0 aromatic heterocycles. The molecule has 0 aliphatic carbocycles. The van der Waals surface area contributed by atoms with Gasteiger partial charge in [-0.15, -0.1) is 0 Å². The fourth-order valence-electron chi connectivity index (χ4n) is 2.41. The Labute approximate surface area is 176 Å². The molecule has 1 N–H and O–H groups in total. The van der Waals surface area contributed by atoms with Crippen LogP contribution in [-0.4, -0.2) is 30.4 Å². The van der Waals surface area contributed by atoms with Crippen molar-refractivity contribution in [1.82, 2.24) is 9.62 Å². The van der Waals surface area contributed by atoms with Crippen LogP contribution in [0.1, 0.15) is 59.4 Å². The zero-order valence-electron chi connectivity index (χ0n) is 18.0. The van der Waals surface area contributed by atoms with Crippen LogP contribution in [-0.2, 0) is 11.2 Å². The van der Waals surface area contributed by atoms with Crippen LogP contribution in [0.3, 0.4) is 0 Å². The second kappa shape index (κ2) is 13.3. The molecule has 0 saturated carbocycles. The van der Waals surface area contributed by atoms with E-state index in [1.807, 2.05) is 0 Å². The minimum absolute atomic E-state index is 0.000120. The minimum Gasteiger partial charge on any atom is -0.296 e. The van der Waals surface area contributed by atoms with Crippen molar-refractivity contribution in [3.05, 3.63) is 29.8 Å². The number of nitrogens with one attached hydrogen (secondary N) is 1. The molecule has 0 unspecified atom stereocenters. The predicted octanol–water partition coefficient (Wildman–Crippen LogP) is 4.92. The van der Waals surface area contributed by atoms with Gasteiger partial charge in [0, 0.05) is 23.8 Å². The standard InChI is InChI=1S/C24H34N2OS/c1-6-7-10-18-26(19-11-8-9-17-24(3,4)5)20-16-22-12-14-23(15-13-22)28-25-21(2)27/h12-15H,6-7,10,16,18-20H2,1-5H3,(H,25,27). The number of amides is 1. The molecule has 1 aromatic rings. The van der Waals surface area contributed by atoms with Crippen molar-refractivity contribution in [1.29, 1.82) is 0 Å². The van der Waals surface area contributed by atoms with Crippen LogP contribution >= 0.6 is 11.9 Å². The lowest BCUT2D eigenvalue weighted by molar-refractivity contribution is -0.117. The van der Waals surface area contributed by atoms with E-state index in [1.165, 1.54) is 43.7 Å². The number of benzene rings is 1. The summed E-state index contributed by atoms with van der Waals surface area (Å²) in [6.45, 7) is 12.9. The van der Waals surface area contributed by atoms with E-state index < -0.39 is 0 Å². The number of hydrogen-bond acceptors (Lipinski definition) is 3. The quantitative estimate of drug-likeness (QED) is 0.345. The van der Waals surface area contributed by atoms with Crippen molar-refractivity contribution in [2.45, 2.75) is 65.2 Å². The average Bonchev–Trinajstić information content (AvgIpc) is 2.63. The second-order valence-corrected chi connectivity index (χ2v) is 8.82. The fraction of sp³-hybridized carbons (Fsp3) is 0.542. The monoisotopic (exact) mass is 398 g/mol. The highest BCUT2D eigenvalue weighted by molar-refractivity contribution is 7.98. The molecule has 0 aliphatic rings. The van der Waals surface area contributed by atoms with Crippen molar-refractivity contribution < 1.29 is 4.79 Å². The first-order valence-electron chi connectivity index (χ1n) is 10.0. The molecular weight excluding hydrogens is 364 g/mol. The van der Waals surface area contributed by atoms with Gasteiger partial charge in [0.15, 0.2) is 0 Å². The molecule has 1 aromatic carbocycles. The molecule has 28 heavy (non-hydrogen) atoms. The van der Waals surface area contributed by atoms with E-state index in [4.69, 9.17) is 0 Å². The molecule has 0 bridgehead atoms. The third-order valence-electron chi connectivity index (χ3n) is 3.92. The molecule has 0 atom stereocenters.